The molecule has 0 heterocycles. The van der Waals surface area contributed by atoms with Gasteiger partial charge in [0.2, 0.25) is 5.91 Å². The minimum atomic E-state index is 0.210. The lowest BCUT2D eigenvalue weighted by Crippen LogP contribution is -2.37. The number of nitrogens with two attached hydrogens (primary N) is 1. The van der Waals surface area contributed by atoms with Gasteiger partial charge in [-0.15, -0.1) is 0 Å². The molecule has 3 heteroatoms. The lowest BCUT2D eigenvalue weighted by Gasteiger charge is -2.20. The molecule has 3 atom stereocenters. The fraction of sp³-hybridized carbons (Fsp3) is 0.923. The van der Waals surface area contributed by atoms with Gasteiger partial charge in [0.25, 0.3) is 0 Å². The zero-order valence-corrected chi connectivity index (χ0v) is 10.7. The summed E-state index contributed by atoms with van der Waals surface area (Å²) in [6.45, 7) is 5.20. The van der Waals surface area contributed by atoms with Gasteiger partial charge in [0.1, 0.15) is 0 Å². The highest BCUT2D eigenvalue weighted by Crippen LogP contribution is 2.33. The van der Waals surface area contributed by atoms with Crippen LogP contribution in [0.5, 0.6) is 0 Å². The molecule has 94 valence electrons. The van der Waals surface area contributed by atoms with Crippen LogP contribution < -0.4 is 11.1 Å². The zero-order chi connectivity index (χ0) is 12.0. The van der Waals surface area contributed by atoms with Gasteiger partial charge in [0.15, 0.2) is 0 Å². The highest BCUT2D eigenvalue weighted by Gasteiger charge is 2.32. The molecule has 16 heavy (non-hydrogen) atoms. The molecule has 0 saturated heterocycles. The van der Waals surface area contributed by atoms with Crippen molar-refractivity contribution < 1.29 is 4.79 Å². The topological polar surface area (TPSA) is 55.1 Å². The molecule has 0 aliphatic heterocycles. The Kier molecular flexibility index (Phi) is 5.81. The van der Waals surface area contributed by atoms with Gasteiger partial charge in [0.05, 0.1) is 0 Å². The first-order valence-electron chi connectivity index (χ1n) is 6.68. The predicted molar refractivity (Wildman–Crippen MR) is 67.0 cm³/mol. The summed E-state index contributed by atoms with van der Waals surface area (Å²) in [7, 11) is 0. The van der Waals surface area contributed by atoms with E-state index in [0.29, 0.717) is 24.9 Å². The fourth-order valence-electron chi connectivity index (χ4n) is 2.74. The van der Waals surface area contributed by atoms with Crippen molar-refractivity contribution in [3.05, 3.63) is 0 Å². The predicted octanol–water partition coefficient (Wildman–Crippen LogP) is 2.06. The lowest BCUT2D eigenvalue weighted by molar-refractivity contribution is -0.122. The van der Waals surface area contributed by atoms with Crippen molar-refractivity contribution in [2.75, 3.05) is 6.54 Å². The van der Waals surface area contributed by atoms with E-state index in [0.717, 1.165) is 25.2 Å². The number of amides is 1. The molecule has 1 amide bonds. The van der Waals surface area contributed by atoms with Crippen LogP contribution in [-0.2, 0) is 4.79 Å². The van der Waals surface area contributed by atoms with Crippen molar-refractivity contribution in [3.8, 4) is 0 Å². The average molecular weight is 226 g/mol. The maximum atomic E-state index is 11.7. The smallest absolute Gasteiger partial charge is 0.220 e. The third kappa shape index (κ3) is 3.78. The van der Waals surface area contributed by atoms with Crippen molar-refractivity contribution in [2.45, 2.75) is 58.4 Å². The quantitative estimate of drug-likeness (QED) is 0.681. The van der Waals surface area contributed by atoms with Crippen molar-refractivity contribution in [1.29, 1.82) is 0 Å². The number of carbonyl (C=O) groups is 1. The SMILES string of the molecule is CCC1CCC(NC(=O)CCCCN)C1C. The highest BCUT2D eigenvalue weighted by molar-refractivity contribution is 5.76. The Morgan fingerprint density at radius 3 is 2.69 bits per heavy atom. The van der Waals surface area contributed by atoms with E-state index in [-0.39, 0.29) is 5.91 Å². The summed E-state index contributed by atoms with van der Waals surface area (Å²) in [6.07, 6.45) is 6.16. The summed E-state index contributed by atoms with van der Waals surface area (Å²) in [5.41, 5.74) is 5.40. The third-order valence-corrected chi connectivity index (χ3v) is 3.96. The summed E-state index contributed by atoms with van der Waals surface area (Å²) in [4.78, 5) is 11.7. The number of rotatable bonds is 6. The van der Waals surface area contributed by atoms with E-state index in [4.69, 9.17) is 5.73 Å². The first-order chi connectivity index (χ1) is 7.69. The minimum Gasteiger partial charge on any atom is -0.353 e. The molecule has 1 fully saturated rings. The maximum absolute atomic E-state index is 11.7. The molecule has 1 rings (SSSR count). The molecule has 1 aliphatic carbocycles. The van der Waals surface area contributed by atoms with Gasteiger partial charge in [-0.2, -0.15) is 0 Å². The molecule has 1 aliphatic rings. The normalized spacial score (nSPS) is 29.3. The summed E-state index contributed by atoms with van der Waals surface area (Å²) in [5.74, 6) is 1.65. The minimum absolute atomic E-state index is 0.210. The van der Waals surface area contributed by atoms with E-state index in [2.05, 4.69) is 19.2 Å². The van der Waals surface area contributed by atoms with Crippen LogP contribution in [0.25, 0.3) is 0 Å². The van der Waals surface area contributed by atoms with Crippen LogP contribution in [0.3, 0.4) is 0 Å². The Morgan fingerprint density at radius 1 is 1.38 bits per heavy atom. The van der Waals surface area contributed by atoms with E-state index in [1.54, 1.807) is 0 Å². The molecule has 3 unspecified atom stereocenters. The summed E-state index contributed by atoms with van der Waals surface area (Å²) in [5, 5.41) is 3.17. The molecule has 0 aromatic rings. The average Bonchev–Trinajstić information content (AvgIpc) is 2.60. The summed E-state index contributed by atoms with van der Waals surface area (Å²) in [6, 6.07) is 0.412. The second kappa shape index (κ2) is 6.89. The van der Waals surface area contributed by atoms with Crippen LogP contribution in [-0.4, -0.2) is 18.5 Å². The zero-order valence-electron chi connectivity index (χ0n) is 10.7. The summed E-state index contributed by atoms with van der Waals surface area (Å²) < 4.78 is 0. The molecule has 1 saturated carbocycles. The Labute approximate surface area is 99.2 Å². The highest BCUT2D eigenvalue weighted by atomic mass is 16.1. The molecule has 0 bridgehead atoms. The van der Waals surface area contributed by atoms with E-state index in [1.807, 2.05) is 0 Å². The van der Waals surface area contributed by atoms with Gasteiger partial charge in [-0.1, -0.05) is 20.3 Å². The van der Waals surface area contributed by atoms with Crippen molar-refractivity contribution >= 4 is 5.91 Å². The van der Waals surface area contributed by atoms with E-state index < -0.39 is 0 Å². The number of carbonyl (C=O) groups excluding carboxylic acids is 1. The Morgan fingerprint density at radius 2 is 2.12 bits per heavy atom. The van der Waals surface area contributed by atoms with Gasteiger partial charge in [-0.05, 0) is 44.1 Å². The fourth-order valence-corrected chi connectivity index (χ4v) is 2.74. The molecule has 3 N–H and O–H groups in total. The van der Waals surface area contributed by atoms with Crippen LogP contribution in [0.1, 0.15) is 52.4 Å². The molecular formula is C13H26N2O. The van der Waals surface area contributed by atoms with Crippen molar-refractivity contribution in [2.24, 2.45) is 17.6 Å². The molecule has 0 spiro atoms. The van der Waals surface area contributed by atoms with Crippen LogP contribution in [0.2, 0.25) is 0 Å². The summed E-state index contributed by atoms with van der Waals surface area (Å²) >= 11 is 0. The lowest BCUT2D eigenvalue weighted by atomic mass is 9.93. The Balaban J connectivity index is 2.24. The number of unbranched alkanes of at least 4 members (excludes halogenated alkanes) is 1. The largest absolute Gasteiger partial charge is 0.353 e. The Hall–Kier alpha value is -0.570. The molecule has 0 aromatic carbocycles. The standard InChI is InChI=1S/C13H26N2O/c1-3-11-7-8-12(10(11)2)15-13(16)6-4-5-9-14/h10-12H,3-9,14H2,1-2H3,(H,15,16). The second-order valence-electron chi connectivity index (χ2n) is 5.02. The molecule has 0 radical (unpaired) electrons. The van der Waals surface area contributed by atoms with E-state index >= 15 is 0 Å². The Bertz CT molecular complexity index is 218. The van der Waals surface area contributed by atoms with Gasteiger partial charge in [0, 0.05) is 12.5 Å². The van der Waals surface area contributed by atoms with Crippen LogP contribution in [0.4, 0.5) is 0 Å². The van der Waals surface area contributed by atoms with Crippen molar-refractivity contribution in [1.82, 2.24) is 5.32 Å². The second-order valence-corrected chi connectivity index (χ2v) is 5.02. The van der Waals surface area contributed by atoms with E-state index in [1.165, 1.54) is 12.8 Å². The molecule has 3 nitrogen and oxygen atoms in total. The van der Waals surface area contributed by atoms with Gasteiger partial charge in [-0.25, -0.2) is 0 Å². The molecule has 0 aromatic heterocycles. The third-order valence-electron chi connectivity index (χ3n) is 3.96. The maximum Gasteiger partial charge on any atom is 0.220 e. The monoisotopic (exact) mass is 226 g/mol. The van der Waals surface area contributed by atoms with Gasteiger partial charge in [-0.3, -0.25) is 4.79 Å². The number of nitrogens with one attached hydrogen (secondary N) is 1. The first-order valence-corrected chi connectivity index (χ1v) is 6.68. The van der Waals surface area contributed by atoms with Crippen LogP contribution >= 0.6 is 0 Å². The van der Waals surface area contributed by atoms with Crippen LogP contribution in [0, 0.1) is 11.8 Å². The van der Waals surface area contributed by atoms with Crippen molar-refractivity contribution in [3.63, 3.8) is 0 Å². The number of hydrogen-bond donors (Lipinski definition) is 2. The van der Waals surface area contributed by atoms with Crippen LogP contribution in [0.15, 0.2) is 0 Å². The number of hydrogen-bond acceptors (Lipinski definition) is 2. The molecular weight excluding hydrogens is 200 g/mol. The van der Waals surface area contributed by atoms with Gasteiger partial charge >= 0.3 is 0 Å². The first kappa shape index (κ1) is 13.5. The van der Waals surface area contributed by atoms with Gasteiger partial charge < -0.3 is 11.1 Å². The van der Waals surface area contributed by atoms with E-state index in [9.17, 15) is 4.79 Å².